The lowest BCUT2D eigenvalue weighted by atomic mass is 9.89. The summed E-state index contributed by atoms with van der Waals surface area (Å²) < 4.78 is 9.22. The smallest absolute Gasteiger partial charge is 0.346 e. The summed E-state index contributed by atoms with van der Waals surface area (Å²) in [6.07, 6.45) is 0. The molecule has 10 nitrogen and oxygen atoms in total. The van der Waals surface area contributed by atoms with Crippen molar-refractivity contribution in [1.82, 2.24) is 0 Å². The molecule has 0 atom stereocenters. The number of hydrogen-bond acceptors (Lipinski definition) is 10. The molecular weight excluding hydrogens is 536 g/mol. The maximum atomic E-state index is 11.7. The number of anilines is 6. The topological polar surface area (TPSA) is 168 Å². The quantitative estimate of drug-likeness (QED) is 0.149. The maximum Gasteiger partial charge on any atom is 0.346 e. The van der Waals surface area contributed by atoms with Crippen LogP contribution >= 0.6 is 0 Å². The van der Waals surface area contributed by atoms with Gasteiger partial charge < -0.3 is 31.6 Å². The van der Waals surface area contributed by atoms with Crippen LogP contribution in [-0.2, 0) is 9.47 Å². The van der Waals surface area contributed by atoms with Crippen molar-refractivity contribution >= 4 is 68.8 Å². The van der Waals surface area contributed by atoms with E-state index in [-0.39, 0.29) is 33.0 Å². The molecule has 0 amide bonds. The van der Waals surface area contributed by atoms with E-state index in [1.54, 1.807) is 0 Å². The molecule has 0 aliphatic carbocycles. The first kappa shape index (κ1) is 26.1. The first-order valence-electron chi connectivity index (χ1n) is 12.7. The van der Waals surface area contributed by atoms with E-state index in [0.29, 0.717) is 0 Å². The largest absolute Gasteiger partial charge is 0.399 e. The number of nitrogen functional groups attached to an aromatic ring is 3. The van der Waals surface area contributed by atoms with Crippen LogP contribution in [0.4, 0.5) is 34.1 Å². The summed E-state index contributed by atoms with van der Waals surface area (Å²) in [5.74, 6) is -3.18. The average molecular weight is 559 g/mol. The highest BCUT2D eigenvalue weighted by Crippen LogP contribution is 2.37. The third-order valence-corrected chi connectivity index (χ3v) is 6.86. The van der Waals surface area contributed by atoms with Crippen LogP contribution in [0.3, 0.4) is 0 Å². The second kappa shape index (κ2) is 10.1. The van der Waals surface area contributed by atoms with Gasteiger partial charge in [-0.25, -0.2) is 19.2 Å². The molecule has 2 aliphatic heterocycles. The Morgan fingerprint density at radius 2 is 0.619 bits per heavy atom. The van der Waals surface area contributed by atoms with Crippen molar-refractivity contribution in [2.45, 2.75) is 0 Å². The number of nitrogens with two attached hydrogens (primary N) is 3. The van der Waals surface area contributed by atoms with Gasteiger partial charge in [0.15, 0.2) is 0 Å². The summed E-state index contributed by atoms with van der Waals surface area (Å²) in [6.45, 7) is 0. The highest BCUT2D eigenvalue weighted by Gasteiger charge is 2.35. The van der Waals surface area contributed by atoms with Crippen LogP contribution in [0.2, 0.25) is 0 Å². The number of nitrogens with zero attached hydrogens (tertiary/aromatic N) is 1. The molecule has 0 aromatic heterocycles. The zero-order chi connectivity index (χ0) is 29.5. The Morgan fingerprint density at radius 3 is 0.857 bits per heavy atom. The Kier molecular flexibility index (Phi) is 6.27. The highest BCUT2D eigenvalue weighted by molar-refractivity contribution is 6.29. The van der Waals surface area contributed by atoms with E-state index in [4.69, 9.17) is 17.2 Å². The number of rotatable bonds is 3. The fraction of sp³-hybridized carbons (Fsp3) is 0. The van der Waals surface area contributed by atoms with Crippen LogP contribution in [0.1, 0.15) is 41.4 Å². The van der Waals surface area contributed by atoms with Crippen molar-refractivity contribution in [3.8, 4) is 0 Å². The van der Waals surface area contributed by atoms with Crippen LogP contribution in [0, 0.1) is 0 Å². The van der Waals surface area contributed by atoms with Crippen LogP contribution < -0.4 is 22.1 Å². The Morgan fingerprint density at radius 1 is 0.381 bits per heavy atom. The second-order valence-electron chi connectivity index (χ2n) is 9.54. The SMILES string of the molecule is Nc1ccc(N(c2ccc(N)cc2)c2ccc(N)cc2)cc1.O=C1OC(=O)c2ccc3c4c(ccc1c24)C(=O)OC3=O. The lowest BCUT2D eigenvalue weighted by Gasteiger charge is -2.25. The number of carbonyl (C=O) groups is 4. The summed E-state index contributed by atoms with van der Waals surface area (Å²) in [7, 11) is 0. The normalized spacial score (nSPS) is 13.1. The fourth-order valence-electron chi connectivity index (χ4n) is 4.88. The number of ether oxygens (including phenoxy) is 2. The van der Waals surface area contributed by atoms with Crippen molar-refractivity contribution in [2.75, 3.05) is 22.1 Å². The van der Waals surface area contributed by atoms with Crippen molar-refractivity contribution in [1.29, 1.82) is 0 Å². The number of carbonyl (C=O) groups excluding carboxylic acids is 4. The van der Waals surface area contributed by atoms with E-state index in [0.717, 1.165) is 34.1 Å². The summed E-state index contributed by atoms with van der Waals surface area (Å²) in [5, 5.41) is 0.539. The Bertz CT molecular complexity index is 1670. The molecule has 0 fully saturated rings. The summed E-state index contributed by atoms with van der Waals surface area (Å²) in [6, 6.07) is 28.8. The third kappa shape index (κ3) is 4.52. The van der Waals surface area contributed by atoms with E-state index in [2.05, 4.69) is 14.4 Å². The van der Waals surface area contributed by atoms with Crippen LogP contribution in [0.25, 0.3) is 10.8 Å². The molecule has 5 aromatic rings. The number of hydrogen-bond donors (Lipinski definition) is 3. The van der Waals surface area contributed by atoms with Gasteiger partial charge in [0.2, 0.25) is 0 Å². The van der Waals surface area contributed by atoms with Crippen LogP contribution in [0.15, 0.2) is 97.1 Å². The summed E-state index contributed by atoms with van der Waals surface area (Å²) in [5.41, 5.74) is 23.3. The first-order chi connectivity index (χ1) is 20.2. The summed E-state index contributed by atoms with van der Waals surface area (Å²) in [4.78, 5) is 49.0. The van der Waals surface area contributed by atoms with Crippen molar-refractivity contribution < 1.29 is 28.7 Å². The molecule has 10 heteroatoms. The predicted octanol–water partition coefficient (Wildman–Crippen LogP) is 5.36. The zero-order valence-corrected chi connectivity index (χ0v) is 21.9. The molecule has 2 aliphatic rings. The third-order valence-electron chi connectivity index (χ3n) is 6.86. The minimum Gasteiger partial charge on any atom is -0.399 e. The van der Waals surface area contributed by atoms with Gasteiger partial charge in [0.25, 0.3) is 0 Å². The van der Waals surface area contributed by atoms with Gasteiger partial charge in [-0.2, -0.15) is 0 Å². The molecule has 2 heterocycles. The molecule has 0 saturated heterocycles. The molecule has 5 aromatic carbocycles. The van der Waals surface area contributed by atoms with Gasteiger partial charge >= 0.3 is 23.9 Å². The fourth-order valence-corrected chi connectivity index (χ4v) is 4.88. The molecule has 0 bridgehead atoms. The number of cyclic esters (lactones) is 4. The molecule has 7 rings (SSSR count). The average Bonchev–Trinajstić information content (AvgIpc) is 2.98. The first-order valence-corrected chi connectivity index (χ1v) is 12.7. The van der Waals surface area contributed by atoms with Crippen molar-refractivity contribution in [3.05, 3.63) is 119 Å². The van der Waals surface area contributed by atoms with Gasteiger partial charge in [0, 0.05) is 44.9 Å². The molecule has 42 heavy (non-hydrogen) atoms. The van der Waals surface area contributed by atoms with E-state index in [1.807, 2.05) is 72.8 Å². The maximum absolute atomic E-state index is 11.7. The summed E-state index contributed by atoms with van der Waals surface area (Å²) >= 11 is 0. The zero-order valence-electron chi connectivity index (χ0n) is 21.9. The van der Waals surface area contributed by atoms with Crippen LogP contribution in [-0.4, -0.2) is 23.9 Å². The van der Waals surface area contributed by atoms with Gasteiger partial charge in [0.05, 0.1) is 22.3 Å². The van der Waals surface area contributed by atoms with Gasteiger partial charge in [-0.15, -0.1) is 0 Å². The molecule has 0 unspecified atom stereocenters. The minimum absolute atomic E-state index is 0.155. The Balaban J connectivity index is 0.000000151. The highest BCUT2D eigenvalue weighted by atomic mass is 16.6. The van der Waals surface area contributed by atoms with Gasteiger partial charge in [-0.3, -0.25) is 0 Å². The van der Waals surface area contributed by atoms with Crippen molar-refractivity contribution in [3.63, 3.8) is 0 Å². The van der Waals surface area contributed by atoms with Crippen molar-refractivity contribution in [2.24, 2.45) is 0 Å². The van der Waals surface area contributed by atoms with Crippen LogP contribution in [0.5, 0.6) is 0 Å². The minimum atomic E-state index is -0.794. The van der Waals surface area contributed by atoms with Gasteiger partial charge in [-0.05, 0) is 97.1 Å². The van der Waals surface area contributed by atoms with Gasteiger partial charge in [0.1, 0.15) is 0 Å². The second-order valence-corrected chi connectivity index (χ2v) is 9.54. The molecular formula is C32H22N4O6. The lowest BCUT2D eigenvalue weighted by molar-refractivity contribution is 0.0366. The standard InChI is InChI=1S/C18H18N4.C14H4O6/c19-13-1-7-16(8-2-13)22(17-9-3-14(20)4-10-17)18-11-5-15(21)6-12-18;15-11-5-1-2-6-10-8(14(18)20-12(6)16)4-3-7(9(5)10)13(17)19-11/h1-12H,19-21H2;1-4H. The molecule has 6 N–H and O–H groups in total. The lowest BCUT2D eigenvalue weighted by Crippen LogP contribution is -2.25. The Hall–Kier alpha value is -6.16. The van der Waals surface area contributed by atoms with E-state index >= 15 is 0 Å². The van der Waals surface area contributed by atoms with Gasteiger partial charge in [-0.1, -0.05) is 0 Å². The molecule has 0 saturated carbocycles. The monoisotopic (exact) mass is 558 g/mol. The number of benzene rings is 5. The van der Waals surface area contributed by atoms with E-state index in [9.17, 15) is 19.2 Å². The molecule has 0 spiro atoms. The number of esters is 4. The predicted molar refractivity (Wildman–Crippen MR) is 158 cm³/mol. The Labute approximate surface area is 238 Å². The van der Waals surface area contributed by atoms with E-state index < -0.39 is 23.9 Å². The van der Waals surface area contributed by atoms with E-state index in [1.165, 1.54) is 24.3 Å². The molecule has 0 radical (unpaired) electrons. The molecule has 206 valence electrons.